The Balaban J connectivity index is 2.00. The Bertz CT molecular complexity index is 931. The topological polar surface area (TPSA) is 90.8 Å². The summed E-state index contributed by atoms with van der Waals surface area (Å²) in [5.41, 5.74) is 1.13. The molecule has 1 atom stereocenters. The van der Waals surface area contributed by atoms with E-state index in [4.69, 9.17) is 0 Å². The van der Waals surface area contributed by atoms with E-state index in [1.807, 2.05) is 38.1 Å². The molecule has 0 spiro atoms. The molecule has 3 rings (SSSR count). The zero-order valence-electron chi connectivity index (χ0n) is 17.4. The monoisotopic (exact) mass is 409 g/mol. The van der Waals surface area contributed by atoms with Gasteiger partial charge in [-0.1, -0.05) is 24.3 Å². The molecule has 1 aliphatic heterocycles. The Morgan fingerprint density at radius 2 is 1.90 bits per heavy atom. The van der Waals surface area contributed by atoms with Gasteiger partial charge in [0.15, 0.2) is 0 Å². The minimum Gasteiger partial charge on any atom is -0.395 e. The number of pyridine rings is 1. The Hall–Kier alpha value is -3.06. The number of carbonyl (C=O) groups excluding carboxylic acids is 3. The van der Waals surface area contributed by atoms with Crippen molar-refractivity contribution in [2.24, 2.45) is 0 Å². The van der Waals surface area contributed by atoms with Crippen LogP contribution in [-0.4, -0.2) is 57.3 Å². The number of aryl methyl sites for hydroxylation is 1. The standard InChI is InChI=1S/C23H27N3O4/c1-3-25(12-13-27)20(28)14-23(19-7-5-4-6-17(19)2)15-21(29)26(22(23)30)16-18-8-10-24-11-9-18/h4-11,27H,3,12-16H2,1-2H3. The second-order valence-corrected chi connectivity index (χ2v) is 7.59. The summed E-state index contributed by atoms with van der Waals surface area (Å²) in [7, 11) is 0. The number of aliphatic hydroxyl groups is 1. The molecule has 7 heteroatoms. The lowest BCUT2D eigenvalue weighted by Crippen LogP contribution is -2.44. The summed E-state index contributed by atoms with van der Waals surface area (Å²) in [6.07, 6.45) is 3.08. The van der Waals surface area contributed by atoms with Crippen LogP contribution >= 0.6 is 0 Å². The average Bonchev–Trinajstić information content (AvgIpc) is 2.97. The molecule has 0 bridgehead atoms. The number of benzene rings is 1. The molecule has 1 fully saturated rings. The summed E-state index contributed by atoms with van der Waals surface area (Å²) in [6, 6.07) is 10.9. The van der Waals surface area contributed by atoms with Crippen LogP contribution in [-0.2, 0) is 26.3 Å². The van der Waals surface area contributed by atoms with Gasteiger partial charge >= 0.3 is 0 Å². The molecule has 1 unspecified atom stereocenters. The van der Waals surface area contributed by atoms with Gasteiger partial charge in [0.1, 0.15) is 0 Å². The molecule has 3 amide bonds. The zero-order valence-corrected chi connectivity index (χ0v) is 17.4. The van der Waals surface area contributed by atoms with Crippen molar-refractivity contribution in [1.29, 1.82) is 0 Å². The van der Waals surface area contributed by atoms with Crippen molar-refractivity contribution in [2.75, 3.05) is 19.7 Å². The van der Waals surface area contributed by atoms with Crippen molar-refractivity contribution in [3.8, 4) is 0 Å². The van der Waals surface area contributed by atoms with Crippen molar-refractivity contribution >= 4 is 17.7 Å². The number of hydrogen-bond donors (Lipinski definition) is 1. The van der Waals surface area contributed by atoms with Gasteiger partial charge in [0.2, 0.25) is 17.7 Å². The number of likely N-dealkylation sites (tertiary alicyclic amines) is 1. The molecule has 0 saturated carbocycles. The number of aromatic nitrogens is 1. The fraction of sp³-hybridized carbons (Fsp3) is 0.391. The van der Waals surface area contributed by atoms with Crippen LogP contribution in [0.1, 0.15) is 36.5 Å². The van der Waals surface area contributed by atoms with Gasteiger partial charge in [-0.2, -0.15) is 0 Å². The number of aliphatic hydroxyl groups excluding tert-OH is 1. The highest BCUT2D eigenvalue weighted by molar-refractivity contribution is 6.10. The van der Waals surface area contributed by atoms with Gasteiger partial charge in [-0.25, -0.2) is 0 Å². The first-order chi connectivity index (χ1) is 14.4. The molecule has 2 aromatic rings. The molecule has 1 aliphatic rings. The van der Waals surface area contributed by atoms with Crippen LogP contribution in [0.15, 0.2) is 48.8 Å². The maximum Gasteiger partial charge on any atom is 0.241 e. The Kier molecular flexibility index (Phi) is 6.62. The van der Waals surface area contributed by atoms with Crippen LogP contribution < -0.4 is 0 Å². The number of amides is 3. The van der Waals surface area contributed by atoms with Crippen molar-refractivity contribution in [1.82, 2.24) is 14.8 Å². The van der Waals surface area contributed by atoms with E-state index in [0.29, 0.717) is 12.1 Å². The normalized spacial score (nSPS) is 18.7. The molecular formula is C23H27N3O4. The molecule has 0 radical (unpaired) electrons. The third-order valence-electron chi connectivity index (χ3n) is 5.72. The van der Waals surface area contributed by atoms with E-state index in [0.717, 1.165) is 11.1 Å². The van der Waals surface area contributed by atoms with Crippen LogP contribution in [0.4, 0.5) is 0 Å². The number of imide groups is 1. The van der Waals surface area contributed by atoms with Crippen LogP contribution in [0, 0.1) is 6.92 Å². The van der Waals surface area contributed by atoms with Gasteiger partial charge in [0, 0.05) is 38.3 Å². The number of rotatable bonds is 8. The summed E-state index contributed by atoms with van der Waals surface area (Å²) in [4.78, 5) is 46.4. The molecule has 2 heterocycles. The molecule has 1 N–H and O–H groups in total. The van der Waals surface area contributed by atoms with Crippen LogP contribution in [0.5, 0.6) is 0 Å². The van der Waals surface area contributed by atoms with E-state index >= 15 is 0 Å². The van der Waals surface area contributed by atoms with Gasteiger partial charge in [0.25, 0.3) is 0 Å². The third-order valence-corrected chi connectivity index (χ3v) is 5.72. The highest BCUT2D eigenvalue weighted by Crippen LogP contribution is 2.42. The smallest absolute Gasteiger partial charge is 0.241 e. The predicted molar refractivity (Wildman–Crippen MR) is 111 cm³/mol. The lowest BCUT2D eigenvalue weighted by atomic mass is 9.74. The Labute approximate surface area is 176 Å². The predicted octanol–water partition coefficient (Wildman–Crippen LogP) is 1.82. The Morgan fingerprint density at radius 3 is 2.53 bits per heavy atom. The first kappa shape index (κ1) is 21.6. The maximum absolute atomic E-state index is 13.7. The molecule has 0 aliphatic carbocycles. The SMILES string of the molecule is CCN(CCO)C(=O)CC1(c2ccccc2C)CC(=O)N(Cc2ccncc2)C1=O. The second-order valence-electron chi connectivity index (χ2n) is 7.59. The molecule has 1 aromatic carbocycles. The number of likely N-dealkylation sites (N-methyl/N-ethyl adjacent to an activating group) is 1. The lowest BCUT2D eigenvalue weighted by molar-refractivity contribution is -0.143. The van der Waals surface area contributed by atoms with E-state index in [1.165, 1.54) is 9.80 Å². The van der Waals surface area contributed by atoms with Crippen molar-refractivity contribution < 1.29 is 19.5 Å². The first-order valence-electron chi connectivity index (χ1n) is 10.1. The van der Waals surface area contributed by atoms with Gasteiger partial charge in [0.05, 0.1) is 18.6 Å². The van der Waals surface area contributed by atoms with Crippen molar-refractivity contribution in [3.05, 3.63) is 65.5 Å². The summed E-state index contributed by atoms with van der Waals surface area (Å²) < 4.78 is 0. The molecule has 1 aromatic heterocycles. The quantitative estimate of drug-likeness (QED) is 0.672. The maximum atomic E-state index is 13.7. The minimum atomic E-state index is -1.24. The fourth-order valence-electron chi connectivity index (χ4n) is 4.13. The molecule has 30 heavy (non-hydrogen) atoms. The van der Waals surface area contributed by atoms with E-state index < -0.39 is 5.41 Å². The lowest BCUT2D eigenvalue weighted by Gasteiger charge is -2.31. The molecular weight excluding hydrogens is 382 g/mol. The van der Waals surface area contributed by atoms with Crippen molar-refractivity contribution in [2.45, 2.75) is 38.6 Å². The van der Waals surface area contributed by atoms with Crippen LogP contribution in [0.3, 0.4) is 0 Å². The van der Waals surface area contributed by atoms with E-state index in [1.54, 1.807) is 24.5 Å². The summed E-state index contributed by atoms with van der Waals surface area (Å²) in [5, 5.41) is 9.27. The Morgan fingerprint density at radius 1 is 1.20 bits per heavy atom. The zero-order chi connectivity index (χ0) is 21.7. The van der Waals surface area contributed by atoms with Gasteiger partial charge < -0.3 is 10.0 Å². The number of carbonyl (C=O) groups is 3. The van der Waals surface area contributed by atoms with Gasteiger partial charge in [-0.05, 0) is 42.7 Å². The fourth-order valence-corrected chi connectivity index (χ4v) is 4.13. The highest BCUT2D eigenvalue weighted by atomic mass is 16.3. The first-order valence-corrected chi connectivity index (χ1v) is 10.1. The molecule has 158 valence electrons. The molecule has 7 nitrogen and oxygen atoms in total. The van der Waals surface area contributed by atoms with Crippen molar-refractivity contribution in [3.63, 3.8) is 0 Å². The van der Waals surface area contributed by atoms with E-state index in [2.05, 4.69) is 4.98 Å². The second kappa shape index (κ2) is 9.17. The minimum absolute atomic E-state index is 0.0514. The van der Waals surface area contributed by atoms with E-state index in [-0.39, 0.29) is 50.3 Å². The number of nitrogens with zero attached hydrogens (tertiary/aromatic N) is 3. The van der Waals surface area contributed by atoms with Gasteiger partial charge in [-0.15, -0.1) is 0 Å². The third kappa shape index (κ3) is 4.11. The number of hydrogen-bond acceptors (Lipinski definition) is 5. The molecule has 1 saturated heterocycles. The largest absolute Gasteiger partial charge is 0.395 e. The highest BCUT2D eigenvalue weighted by Gasteiger charge is 2.54. The van der Waals surface area contributed by atoms with Gasteiger partial charge in [-0.3, -0.25) is 24.3 Å². The van der Waals surface area contributed by atoms with E-state index in [9.17, 15) is 19.5 Å². The van der Waals surface area contributed by atoms with Crippen LogP contribution in [0.2, 0.25) is 0 Å². The van der Waals surface area contributed by atoms with Crippen LogP contribution in [0.25, 0.3) is 0 Å². The summed E-state index contributed by atoms with van der Waals surface area (Å²) in [5.74, 6) is -0.896. The summed E-state index contributed by atoms with van der Waals surface area (Å²) in [6.45, 7) is 4.32. The summed E-state index contributed by atoms with van der Waals surface area (Å²) >= 11 is 0. The average molecular weight is 409 g/mol.